The molecule has 1 aromatic heterocycles. The summed E-state index contributed by atoms with van der Waals surface area (Å²) in [5.41, 5.74) is 0.663. The summed E-state index contributed by atoms with van der Waals surface area (Å²) in [4.78, 5) is 18.0. The Kier molecular flexibility index (Phi) is 4.30. The number of rotatable bonds is 2. The van der Waals surface area contributed by atoms with Gasteiger partial charge in [0.1, 0.15) is 11.4 Å². The van der Waals surface area contributed by atoms with Gasteiger partial charge in [0.05, 0.1) is 11.2 Å². The van der Waals surface area contributed by atoms with Crippen molar-refractivity contribution >= 4 is 22.7 Å². The highest BCUT2D eigenvalue weighted by molar-refractivity contribution is 5.91. The third kappa shape index (κ3) is 3.58. The molecule has 5 nitrogen and oxygen atoms in total. The van der Waals surface area contributed by atoms with Gasteiger partial charge in [-0.25, -0.2) is 9.18 Å². The van der Waals surface area contributed by atoms with Crippen LogP contribution in [0.3, 0.4) is 0 Å². The van der Waals surface area contributed by atoms with Gasteiger partial charge in [0.25, 0.3) is 0 Å². The Labute approximate surface area is 140 Å². The molecule has 2 aromatic rings. The molecule has 1 aliphatic rings. The van der Waals surface area contributed by atoms with E-state index in [0.717, 1.165) is 17.3 Å². The summed E-state index contributed by atoms with van der Waals surface area (Å²) < 4.78 is 19.6. The van der Waals surface area contributed by atoms with Gasteiger partial charge in [0.2, 0.25) is 0 Å². The first-order chi connectivity index (χ1) is 11.3. The first kappa shape index (κ1) is 16.5. The molecule has 1 saturated heterocycles. The Balaban J connectivity index is 1.72. The van der Waals surface area contributed by atoms with Crippen LogP contribution in [0, 0.1) is 5.82 Å². The zero-order valence-electron chi connectivity index (χ0n) is 14.2. The molecule has 1 fully saturated rings. The molecule has 0 unspecified atom stereocenters. The highest BCUT2D eigenvalue weighted by Crippen LogP contribution is 2.27. The molecule has 0 bridgehead atoms. The summed E-state index contributed by atoms with van der Waals surface area (Å²) in [7, 11) is 0. The molecule has 0 aliphatic carbocycles. The smallest absolute Gasteiger partial charge is 0.410 e. The second kappa shape index (κ2) is 6.26. The van der Waals surface area contributed by atoms with Crippen molar-refractivity contribution in [2.75, 3.05) is 18.4 Å². The van der Waals surface area contributed by atoms with Crippen molar-refractivity contribution in [2.45, 2.75) is 38.8 Å². The Bertz CT molecular complexity index is 758. The molecule has 128 valence electrons. The van der Waals surface area contributed by atoms with E-state index in [-0.39, 0.29) is 18.0 Å². The lowest BCUT2D eigenvalue weighted by Crippen LogP contribution is -2.36. The molecule has 0 spiro atoms. The van der Waals surface area contributed by atoms with Crippen LogP contribution in [-0.4, -0.2) is 40.7 Å². The van der Waals surface area contributed by atoms with Gasteiger partial charge in [-0.3, -0.25) is 4.98 Å². The van der Waals surface area contributed by atoms with Crippen LogP contribution >= 0.6 is 0 Å². The molecule has 24 heavy (non-hydrogen) atoms. The largest absolute Gasteiger partial charge is 0.444 e. The van der Waals surface area contributed by atoms with Crippen LogP contribution in [0.5, 0.6) is 0 Å². The third-order valence-corrected chi connectivity index (χ3v) is 3.92. The fourth-order valence-electron chi connectivity index (χ4n) is 2.85. The summed E-state index contributed by atoms with van der Waals surface area (Å²) in [5.74, 6) is -0.314. The number of anilines is 1. The molecule has 0 radical (unpaired) electrons. The predicted octanol–water partition coefficient (Wildman–Crippen LogP) is 3.80. The lowest BCUT2D eigenvalue weighted by atomic mass is 10.1. The lowest BCUT2D eigenvalue weighted by molar-refractivity contribution is 0.0293. The quantitative estimate of drug-likeness (QED) is 0.909. The number of nitrogens with zero attached hydrogens (tertiary/aromatic N) is 2. The van der Waals surface area contributed by atoms with Gasteiger partial charge < -0.3 is 15.0 Å². The number of carbonyl (C=O) groups excluding carboxylic acids is 1. The van der Waals surface area contributed by atoms with Crippen LogP contribution in [0.4, 0.5) is 14.9 Å². The average Bonchev–Trinajstić information content (AvgIpc) is 2.97. The SMILES string of the molecule is CC(C)(C)OC(=O)N1CC[C@@H](Nc2c(F)ccc3ncccc23)C1. The van der Waals surface area contributed by atoms with Gasteiger partial charge in [-0.2, -0.15) is 0 Å². The summed E-state index contributed by atoms with van der Waals surface area (Å²) in [6.07, 6.45) is 2.10. The number of hydrogen-bond donors (Lipinski definition) is 1. The van der Waals surface area contributed by atoms with E-state index in [9.17, 15) is 9.18 Å². The maximum absolute atomic E-state index is 14.3. The molecular formula is C18H22FN3O2. The molecule has 6 heteroatoms. The number of nitrogens with one attached hydrogen (secondary N) is 1. The number of fused-ring (bicyclic) bond motifs is 1. The molecule has 1 aliphatic heterocycles. The molecule has 1 aromatic carbocycles. The second-order valence-corrected chi connectivity index (χ2v) is 7.05. The second-order valence-electron chi connectivity index (χ2n) is 7.05. The first-order valence-corrected chi connectivity index (χ1v) is 8.11. The minimum atomic E-state index is -0.518. The predicted molar refractivity (Wildman–Crippen MR) is 91.5 cm³/mol. The third-order valence-electron chi connectivity index (χ3n) is 3.92. The molecular weight excluding hydrogens is 309 g/mol. The van der Waals surface area contributed by atoms with Crippen LogP contribution < -0.4 is 5.32 Å². The van der Waals surface area contributed by atoms with Gasteiger partial charge in [-0.1, -0.05) is 0 Å². The number of benzene rings is 1. The van der Waals surface area contributed by atoms with E-state index in [1.165, 1.54) is 6.07 Å². The Hall–Kier alpha value is -2.37. The fraction of sp³-hybridized carbons (Fsp3) is 0.444. The summed E-state index contributed by atoms with van der Waals surface area (Å²) in [6, 6.07) is 6.69. The minimum Gasteiger partial charge on any atom is -0.444 e. The van der Waals surface area contributed by atoms with Gasteiger partial charge in [0.15, 0.2) is 0 Å². The Morgan fingerprint density at radius 2 is 2.17 bits per heavy atom. The van der Waals surface area contributed by atoms with E-state index in [2.05, 4.69) is 10.3 Å². The van der Waals surface area contributed by atoms with Crippen LogP contribution in [0.25, 0.3) is 10.9 Å². The van der Waals surface area contributed by atoms with Gasteiger partial charge in [-0.15, -0.1) is 0 Å². The number of aromatic nitrogens is 1. The van der Waals surface area contributed by atoms with Crippen molar-refractivity contribution in [1.29, 1.82) is 0 Å². The molecule has 0 saturated carbocycles. The van der Waals surface area contributed by atoms with Crippen molar-refractivity contribution in [1.82, 2.24) is 9.88 Å². The zero-order chi connectivity index (χ0) is 17.3. The number of likely N-dealkylation sites (tertiary alicyclic amines) is 1. The van der Waals surface area contributed by atoms with E-state index in [4.69, 9.17) is 4.74 Å². The lowest BCUT2D eigenvalue weighted by Gasteiger charge is -2.24. The normalized spacial score (nSPS) is 18.0. The monoisotopic (exact) mass is 331 g/mol. The molecule has 3 rings (SSSR count). The standard InChI is InChI=1S/C18H22FN3O2/c1-18(2,3)24-17(23)22-10-8-12(11-22)21-16-13-5-4-9-20-15(13)7-6-14(16)19/h4-7,9,12,21H,8,10-11H2,1-3H3/t12-/m1/s1. The van der Waals surface area contributed by atoms with Crippen molar-refractivity contribution in [3.8, 4) is 0 Å². The first-order valence-electron chi connectivity index (χ1n) is 8.11. The number of hydrogen-bond acceptors (Lipinski definition) is 4. The molecule has 1 atom stereocenters. The van der Waals surface area contributed by atoms with Crippen LogP contribution in [-0.2, 0) is 4.74 Å². The molecule has 1 N–H and O–H groups in total. The number of carbonyl (C=O) groups is 1. The van der Waals surface area contributed by atoms with Crippen LogP contribution in [0.15, 0.2) is 30.5 Å². The Morgan fingerprint density at radius 1 is 1.38 bits per heavy atom. The Morgan fingerprint density at radius 3 is 2.92 bits per heavy atom. The van der Waals surface area contributed by atoms with Crippen LogP contribution in [0.2, 0.25) is 0 Å². The van der Waals surface area contributed by atoms with Crippen molar-refractivity contribution in [3.05, 3.63) is 36.3 Å². The number of amides is 1. The topological polar surface area (TPSA) is 54.5 Å². The molecule has 2 heterocycles. The fourth-order valence-corrected chi connectivity index (χ4v) is 2.85. The van der Waals surface area contributed by atoms with E-state index in [0.29, 0.717) is 18.8 Å². The summed E-state index contributed by atoms with van der Waals surface area (Å²) >= 11 is 0. The van der Waals surface area contributed by atoms with E-state index < -0.39 is 5.60 Å². The van der Waals surface area contributed by atoms with Crippen molar-refractivity contribution < 1.29 is 13.9 Å². The zero-order valence-corrected chi connectivity index (χ0v) is 14.2. The van der Waals surface area contributed by atoms with Gasteiger partial charge in [-0.05, 0) is 51.5 Å². The van der Waals surface area contributed by atoms with Crippen molar-refractivity contribution in [2.24, 2.45) is 0 Å². The number of halogens is 1. The van der Waals surface area contributed by atoms with Crippen LogP contribution in [0.1, 0.15) is 27.2 Å². The minimum absolute atomic E-state index is 0.0159. The maximum Gasteiger partial charge on any atom is 0.410 e. The average molecular weight is 331 g/mol. The van der Waals surface area contributed by atoms with E-state index >= 15 is 0 Å². The van der Waals surface area contributed by atoms with E-state index in [1.54, 1.807) is 23.2 Å². The van der Waals surface area contributed by atoms with E-state index in [1.807, 2.05) is 26.8 Å². The van der Waals surface area contributed by atoms with Gasteiger partial charge in [0, 0.05) is 30.7 Å². The summed E-state index contributed by atoms with van der Waals surface area (Å²) in [5, 5.41) is 3.98. The van der Waals surface area contributed by atoms with Gasteiger partial charge >= 0.3 is 6.09 Å². The summed E-state index contributed by atoms with van der Waals surface area (Å²) in [6.45, 7) is 6.61. The number of pyridine rings is 1. The number of ether oxygens (including phenoxy) is 1. The highest BCUT2D eigenvalue weighted by atomic mass is 19.1. The highest BCUT2D eigenvalue weighted by Gasteiger charge is 2.30. The maximum atomic E-state index is 14.3. The van der Waals surface area contributed by atoms with Crippen molar-refractivity contribution in [3.63, 3.8) is 0 Å². The molecule has 1 amide bonds.